The predicted octanol–water partition coefficient (Wildman–Crippen LogP) is 2.21. The molecule has 1 aliphatic rings. The summed E-state index contributed by atoms with van der Waals surface area (Å²) in [5, 5.41) is 7.28. The Bertz CT molecular complexity index is 856. The van der Waals surface area contributed by atoms with Gasteiger partial charge in [-0.2, -0.15) is 5.10 Å². The molecule has 26 heavy (non-hydrogen) atoms. The van der Waals surface area contributed by atoms with E-state index in [9.17, 15) is 4.79 Å². The first-order chi connectivity index (χ1) is 12.8. The van der Waals surface area contributed by atoms with E-state index in [0.29, 0.717) is 17.9 Å². The third kappa shape index (κ3) is 3.61. The van der Waals surface area contributed by atoms with Crippen molar-refractivity contribution in [2.45, 2.75) is 25.2 Å². The summed E-state index contributed by atoms with van der Waals surface area (Å²) in [6.07, 6.45) is 7.13. The fraction of sp³-hybridized carbons (Fsp3) is 0.316. The van der Waals surface area contributed by atoms with Crippen molar-refractivity contribution in [2.75, 3.05) is 13.1 Å². The summed E-state index contributed by atoms with van der Waals surface area (Å²) in [7, 11) is 0. The molecule has 2 aromatic heterocycles. The van der Waals surface area contributed by atoms with Crippen LogP contribution in [0.1, 0.15) is 30.1 Å². The van der Waals surface area contributed by atoms with Gasteiger partial charge in [-0.3, -0.25) is 14.9 Å². The lowest BCUT2D eigenvalue weighted by Gasteiger charge is -2.31. The number of nitrogens with one attached hydrogen (secondary N) is 1. The predicted molar refractivity (Wildman–Crippen MR) is 96.1 cm³/mol. The van der Waals surface area contributed by atoms with Crippen molar-refractivity contribution in [1.29, 1.82) is 0 Å². The van der Waals surface area contributed by atoms with Crippen LogP contribution in [0.4, 0.5) is 0 Å². The van der Waals surface area contributed by atoms with Gasteiger partial charge in [0.1, 0.15) is 11.5 Å². The minimum Gasteiger partial charge on any atom is -0.342 e. The highest BCUT2D eigenvalue weighted by atomic mass is 16.2. The Labute approximate surface area is 151 Å². The Kier molecular flexibility index (Phi) is 4.68. The number of H-pyrrole nitrogens is 1. The fourth-order valence-corrected chi connectivity index (χ4v) is 3.27. The van der Waals surface area contributed by atoms with E-state index in [1.165, 1.54) is 0 Å². The maximum absolute atomic E-state index is 12.5. The minimum absolute atomic E-state index is 0.187. The molecule has 7 heteroatoms. The van der Waals surface area contributed by atoms with Crippen molar-refractivity contribution in [3.8, 4) is 11.5 Å². The molecule has 0 spiro atoms. The smallest absolute Gasteiger partial charge is 0.226 e. The number of likely N-dealkylation sites (tertiary alicyclic amines) is 1. The van der Waals surface area contributed by atoms with Gasteiger partial charge in [0, 0.05) is 31.4 Å². The highest BCUT2D eigenvalue weighted by Gasteiger charge is 2.26. The van der Waals surface area contributed by atoms with E-state index in [4.69, 9.17) is 0 Å². The van der Waals surface area contributed by atoms with E-state index in [0.717, 1.165) is 37.3 Å². The molecular formula is C19H20N6O. The van der Waals surface area contributed by atoms with Crippen LogP contribution in [0, 0.1) is 0 Å². The molecule has 1 saturated heterocycles. The molecule has 1 amide bonds. The van der Waals surface area contributed by atoms with Gasteiger partial charge in [-0.25, -0.2) is 9.97 Å². The molecule has 1 N–H and O–H groups in total. The molecule has 1 aromatic carbocycles. The van der Waals surface area contributed by atoms with Gasteiger partial charge < -0.3 is 4.90 Å². The van der Waals surface area contributed by atoms with Crippen molar-refractivity contribution >= 4 is 5.91 Å². The first kappa shape index (κ1) is 16.4. The number of benzene rings is 1. The molecule has 7 nitrogen and oxygen atoms in total. The second kappa shape index (κ2) is 7.43. The van der Waals surface area contributed by atoms with Crippen LogP contribution < -0.4 is 0 Å². The van der Waals surface area contributed by atoms with Gasteiger partial charge in [-0.1, -0.05) is 30.3 Å². The summed E-state index contributed by atoms with van der Waals surface area (Å²) >= 11 is 0. The zero-order valence-corrected chi connectivity index (χ0v) is 14.4. The molecular weight excluding hydrogens is 328 g/mol. The van der Waals surface area contributed by atoms with Crippen molar-refractivity contribution in [3.05, 3.63) is 60.3 Å². The third-order valence-corrected chi connectivity index (χ3v) is 4.73. The molecule has 0 atom stereocenters. The normalized spacial score (nSPS) is 15.2. The molecule has 132 valence electrons. The van der Waals surface area contributed by atoms with Crippen LogP contribution in [0.25, 0.3) is 11.5 Å². The summed E-state index contributed by atoms with van der Waals surface area (Å²) in [5.74, 6) is 1.90. The van der Waals surface area contributed by atoms with E-state index >= 15 is 0 Å². The second-order valence-electron chi connectivity index (χ2n) is 6.45. The number of aromatic nitrogens is 5. The van der Waals surface area contributed by atoms with Gasteiger partial charge in [0.25, 0.3) is 0 Å². The van der Waals surface area contributed by atoms with Crippen molar-refractivity contribution in [1.82, 2.24) is 30.0 Å². The van der Waals surface area contributed by atoms with Crippen molar-refractivity contribution in [2.24, 2.45) is 0 Å². The zero-order valence-electron chi connectivity index (χ0n) is 14.4. The third-order valence-electron chi connectivity index (χ3n) is 4.73. The molecule has 0 radical (unpaired) electrons. The Balaban J connectivity index is 1.35. The largest absolute Gasteiger partial charge is 0.342 e. The number of carbonyl (C=O) groups excluding carboxylic acids is 1. The van der Waals surface area contributed by atoms with E-state index < -0.39 is 0 Å². The molecule has 0 aliphatic carbocycles. The fourth-order valence-electron chi connectivity index (χ4n) is 3.27. The number of hydrogen-bond acceptors (Lipinski definition) is 5. The van der Waals surface area contributed by atoms with Crippen LogP contribution in [0.3, 0.4) is 0 Å². The Morgan fingerprint density at radius 2 is 1.96 bits per heavy atom. The molecule has 4 rings (SSSR count). The lowest BCUT2D eigenvalue weighted by Crippen LogP contribution is -2.39. The van der Waals surface area contributed by atoms with Crippen molar-refractivity contribution in [3.63, 3.8) is 0 Å². The van der Waals surface area contributed by atoms with E-state index in [-0.39, 0.29) is 11.8 Å². The van der Waals surface area contributed by atoms with Gasteiger partial charge in [0.15, 0.2) is 0 Å². The van der Waals surface area contributed by atoms with Crippen LogP contribution >= 0.6 is 0 Å². The second-order valence-corrected chi connectivity index (χ2v) is 6.45. The number of aromatic amines is 1. The van der Waals surface area contributed by atoms with E-state index in [2.05, 4.69) is 25.1 Å². The van der Waals surface area contributed by atoms with Gasteiger partial charge in [0.2, 0.25) is 11.7 Å². The van der Waals surface area contributed by atoms with Gasteiger partial charge in [-0.15, -0.1) is 0 Å². The lowest BCUT2D eigenvalue weighted by molar-refractivity contribution is -0.131. The highest BCUT2D eigenvalue weighted by molar-refractivity contribution is 5.78. The quantitative estimate of drug-likeness (QED) is 0.781. The molecule has 0 unspecified atom stereocenters. The monoisotopic (exact) mass is 348 g/mol. The summed E-state index contributed by atoms with van der Waals surface area (Å²) < 4.78 is 0. The molecule has 0 saturated carbocycles. The van der Waals surface area contributed by atoms with Crippen LogP contribution in [0.5, 0.6) is 0 Å². The Morgan fingerprint density at radius 1 is 1.15 bits per heavy atom. The maximum Gasteiger partial charge on any atom is 0.226 e. The van der Waals surface area contributed by atoms with E-state index in [1.807, 2.05) is 35.2 Å². The number of carbonyl (C=O) groups is 1. The average molecular weight is 348 g/mol. The summed E-state index contributed by atoms with van der Waals surface area (Å²) in [4.78, 5) is 27.3. The lowest BCUT2D eigenvalue weighted by atomic mass is 9.95. The summed E-state index contributed by atoms with van der Waals surface area (Å²) in [5.41, 5.74) is 1.72. The summed E-state index contributed by atoms with van der Waals surface area (Å²) in [6.45, 7) is 1.50. The van der Waals surface area contributed by atoms with Crippen LogP contribution in [0.2, 0.25) is 0 Å². The Morgan fingerprint density at radius 3 is 2.69 bits per heavy atom. The number of nitrogens with zero attached hydrogens (tertiary/aromatic N) is 5. The molecule has 3 aromatic rings. The zero-order chi connectivity index (χ0) is 17.8. The van der Waals surface area contributed by atoms with Gasteiger partial charge >= 0.3 is 0 Å². The molecule has 0 bridgehead atoms. The number of hydrogen-bond donors (Lipinski definition) is 1. The number of amides is 1. The van der Waals surface area contributed by atoms with Gasteiger partial charge in [0.05, 0.1) is 12.6 Å². The SMILES string of the molecule is O=C(Cc1ccccc1)N1CCC(c2nc(-c3cnccn3)n[nH]2)CC1. The van der Waals surface area contributed by atoms with Crippen LogP contribution in [-0.4, -0.2) is 49.0 Å². The summed E-state index contributed by atoms with van der Waals surface area (Å²) in [6, 6.07) is 9.88. The van der Waals surface area contributed by atoms with Crippen LogP contribution in [-0.2, 0) is 11.2 Å². The number of piperidine rings is 1. The van der Waals surface area contributed by atoms with E-state index in [1.54, 1.807) is 18.6 Å². The average Bonchev–Trinajstić information content (AvgIpc) is 3.20. The maximum atomic E-state index is 12.5. The Hall–Kier alpha value is -3.09. The van der Waals surface area contributed by atoms with Gasteiger partial charge in [-0.05, 0) is 18.4 Å². The van der Waals surface area contributed by atoms with Crippen LogP contribution in [0.15, 0.2) is 48.9 Å². The standard InChI is InChI=1S/C19H20N6O/c26-17(12-14-4-2-1-3-5-14)25-10-6-15(7-11-25)18-22-19(24-23-18)16-13-20-8-9-21-16/h1-5,8-9,13,15H,6-7,10-12H2,(H,22,23,24). The molecule has 1 fully saturated rings. The van der Waals surface area contributed by atoms with Crippen molar-refractivity contribution < 1.29 is 4.79 Å². The number of rotatable bonds is 4. The first-order valence-electron chi connectivity index (χ1n) is 8.80. The molecule has 3 heterocycles. The topological polar surface area (TPSA) is 87.7 Å². The molecule has 1 aliphatic heterocycles. The minimum atomic E-state index is 0.187. The first-order valence-corrected chi connectivity index (χ1v) is 8.80. The highest BCUT2D eigenvalue weighted by Crippen LogP contribution is 2.26.